The lowest BCUT2D eigenvalue weighted by molar-refractivity contribution is 0.229. The van der Waals surface area contributed by atoms with Crippen LogP contribution in [0.25, 0.3) is 0 Å². The minimum Gasteiger partial charge on any atom is -0.314 e. The summed E-state index contributed by atoms with van der Waals surface area (Å²) in [4.78, 5) is 6.60. The zero-order valence-corrected chi connectivity index (χ0v) is 10.5. The van der Waals surface area contributed by atoms with Gasteiger partial charge in [0.25, 0.3) is 0 Å². The van der Waals surface area contributed by atoms with Gasteiger partial charge in [0, 0.05) is 51.2 Å². The smallest absolute Gasteiger partial charge is 0.0330 e. The van der Waals surface area contributed by atoms with E-state index in [1.807, 2.05) is 19.4 Å². The fraction of sp³-hybridized carbons (Fsp3) is 0.615. The van der Waals surface area contributed by atoms with Crippen LogP contribution in [0.15, 0.2) is 24.5 Å². The molecule has 1 unspecified atom stereocenters. The molecule has 94 valence electrons. The van der Waals surface area contributed by atoms with E-state index in [9.17, 15) is 0 Å². The number of pyridine rings is 1. The van der Waals surface area contributed by atoms with Crippen LogP contribution in [-0.2, 0) is 0 Å². The van der Waals surface area contributed by atoms with Gasteiger partial charge in [0.2, 0.25) is 0 Å². The molecule has 4 nitrogen and oxygen atoms in total. The molecule has 1 saturated heterocycles. The first-order valence-electron chi connectivity index (χ1n) is 6.40. The molecule has 0 saturated carbocycles. The van der Waals surface area contributed by atoms with E-state index in [-0.39, 0.29) is 0 Å². The number of piperazine rings is 1. The van der Waals surface area contributed by atoms with Gasteiger partial charge in [-0.25, -0.2) is 0 Å². The van der Waals surface area contributed by atoms with Crippen molar-refractivity contribution in [3.8, 4) is 0 Å². The summed E-state index contributed by atoms with van der Waals surface area (Å²) in [6.07, 6.45) is 4.88. The molecule has 2 N–H and O–H groups in total. The Morgan fingerprint density at radius 2 is 2.06 bits per heavy atom. The van der Waals surface area contributed by atoms with E-state index in [0.29, 0.717) is 6.04 Å². The van der Waals surface area contributed by atoms with E-state index in [4.69, 9.17) is 0 Å². The van der Waals surface area contributed by atoms with Crippen LogP contribution in [0, 0.1) is 0 Å². The van der Waals surface area contributed by atoms with E-state index < -0.39 is 0 Å². The van der Waals surface area contributed by atoms with Crippen LogP contribution < -0.4 is 10.6 Å². The van der Waals surface area contributed by atoms with Gasteiger partial charge in [0.1, 0.15) is 0 Å². The fourth-order valence-electron chi connectivity index (χ4n) is 2.32. The molecular formula is C13H22N4. The Hall–Kier alpha value is -0.970. The Morgan fingerprint density at radius 1 is 1.35 bits per heavy atom. The first kappa shape index (κ1) is 12.5. The van der Waals surface area contributed by atoms with Gasteiger partial charge in [-0.15, -0.1) is 0 Å². The highest BCUT2D eigenvalue weighted by atomic mass is 15.2. The first-order chi connectivity index (χ1) is 8.40. The Labute approximate surface area is 103 Å². The lowest BCUT2D eigenvalue weighted by Crippen LogP contribution is -2.44. The summed E-state index contributed by atoms with van der Waals surface area (Å²) in [7, 11) is 2.03. The van der Waals surface area contributed by atoms with Crippen molar-refractivity contribution >= 4 is 0 Å². The molecule has 1 aromatic rings. The molecular weight excluding hydrogens is 212 g/mol. The molecule has 0 spiro atoms. The lowest BCUT2D eigenvalue weighted by atomic mass is 10.1. The third kappa shape index (κ3) is 3.77. The second-order valence-corrected chi connectivity index (χ2v) is 4.50. The lowest BCUT2D eigenvalue weighted by Gasteiger charge is -2.28. The third-order valence-corrected chi connectivity index (χ3v) is 3.40. The quantitative estimate of drug-likeness (QED) is 0.784. The van der Waals surface area contributed by atoms with E-state index in [2.05, 4.69) is 32.7 Å². The van der Waals surface area contributed by atoms with Gasteiger partial charge in [-0.2, -0.15) is 0 Å². The number of hydrogen-bond acceptors (Lipinski definition) is 4. The normalized spacial score (nSPS) is 19.1. The van der Waals surface area contributed by atoms with Gasteiger partial charge >= 0.3 is 0 Å². The summed E-state index contributed by atoms with van der Waals surface area (Å²) in [5.41, 5.74) is 1.33. The van der Waals surface area contributed by atoms with E-state index >= 15 is 0 Å². The Bertz CT molecular complexity index is 308. The molecule has 1 aliphatic heterocycles. The second-order valence-electron chi connectivity index (χ2n) is 4.50. The summed E-state index contributed by atoms with van der Waals surface area (Å²) in [6, 6.07) is 4.63. The van der Waals surface area contributed by atoms with Gasteiger partial charge in [-0.1, -0.05) is 0 Å². The predicted octanol–water partition coefficient (Wildman–Crippen LogP) is 0.637. The van der Waals surface area contributed by atoms with Gasteiger partial charge < -0.3 is 15.5 Å². The topological polar surface area (TPSA) is 40.2 Å². The van der Waals surface area contributed by atoms with E-state index in [1.54, 1.807) is 0 Å². The molecule has 0 bridgehead atoms. The maximum absolute atomic E-state index is 4.07. The summed E-state index contributed by atoms with van der Waals surface area (Å²) in [5, 5.41) is 6.77. The van der Waals surface area contributed by atoms with Crippen molar-refractivity contribution in [2.75, 3.05) is 39.8 Å². The highest BCUT2D eigenvalue weighted by molar-refractivity contribution is 5.14. The van der Waals surface area contributed by atoms with Crippen LogP contribution in [0.5, 0.6) is 0 Å². The van der Waals surface area contributed by atoms with Crippen LogP contribution >= 0.6 is 0 Å². The SMILES string of the molecule is CNC(CCN1CCNCC1)c1ccncc1. The predicted molar refractivity (Wildman–Crippen MR) is 70.0 cm³/mol. The van der Waals surface area contributed by atoms with Crippen LogP contribution in [0.1, 0.15) is 18.0 Å². The largest absolute Gasteiger partial charge is 0.314 e. The van der Waals surface area contributed by atoms with Crippen molar-refractivity contribution in [2.24, 2.45) is 0 Å². The molecule has 4 heteroatoms. The van der Waals surface area contributed by atoms with Crippen LogP contribution in [0.3, 0.4) is 0 Å². The number of nitrogens with one attached hydrogen (secondary N) is 2. The zero-order valence-electron chi connectivity index (χ0n) is 10.5. The van der Waals surface area contributed by atoms with Gasteiger partial charge in [-0.05, 0) is 31.2 Å². The highest BCUT2D eigenvalue weighted by Gasteiger charge is 2.13. The molecule has 1 aliphatic rings. The monoisotopic (exact) mass is 234 g/mol. The minimum absolute atomic E-state index is 0.438. The summed E-state index contributed by atoms with van der Waals surface area (Å²) >= 11 is 0. The molecule has 1 atom stereocenters. The third-order valence-electron chi connectivity index (χ3n) is 3.40. The molecule has 17 heavy (non-hydrogen) atoms. The van der Waals surface area contributed by atoms with Crippen molar-refractivity contribution in [2.45, 2.75) is 12.5 Å². The highest BCUT2D eigenvalue weighted by Crippen LogP contribution is 2.15. The number of rotatable bonds is 5. The molecule has 1 aromatic heterocycles. The van der Waals surface area contributed by atoms with Gasteiger partial charge in [-0.3, -0.25) is 4.98 Å². The molecule has 2 heterocycles. The maximum Gasteiger partial charge on any atom is 0.0330 e. The van der Waals surface area contributed by atoms with Gasteiger partial charge in [0.15, 0.2) is 0 Å². The Balaban J connectivity index is 1.83. The van der Waals surface area contributed by atoms with Crippen molar-refractivity contribution in [1.29, 1.82) is 0 Å². The summed E-state index contributed by atoms with van der Waals surface area (Å²) in [5.74, 6) is 0. The van der Waals surface area contributed by atoms with Crippen molar-refractivity contribution in [3.63, 3.8) is 0 Å². The van der Waals surface area contributed by atoms with E-state index in [0.717, 1.165) is 26.1 Å². The standard InChI is InChI=1S/C13H22N4/c1-14-13(12-2-5-15-6-3-12)4-9-17-10-7-16-8-11-17/h2-3,5-6,13-14,16H,4,7-11H2,1H3. The maximum atomic E-state index is 4.07. The van der Waals surface area contributed by atoms with Crippen molar-refractivity contribution in [1.82, 2.24) is 20.5 Å². The molecule has 0 radical (unpaired) electrons. The molecule has 2 rings (SSSR count). The first-order valence-corrected chi connectivity index (χ1v) is 6.40. The molecule has 0 aliphatic carbocycles. The Kier molecular flexibility index (Phi) is 4.91. The van der Waals surface area contributed by atoms with Crippen LogP contribution in [-0.4, -0.2) is 49.7 Å². The number of hydrogen-bond donors (Lipinski definition) is 2. The zero-order chi connectivity index (χ0) is 11.9. The Morgan fingerprint density at radius 3 is 2.71 bits per heavy atom. The fourth-order valence-corrected chi connectivity index (χ4v) is 2.32. The van der Waals surface area contributed by atoms with Crippen molar-refractivity contribution < 1.29 is 0 Å². The average Bonchev–Trinajstić information content (AvgIpc) is 2.42. The second kappa shape index (κ2) is 6.69. The minimum atomic E-state index is 0.438. The van der Waals surface area contributed by atoms with E-state index in [1.165, 1.54) is 18.7 Å². The van der Waals surface area contributed by atoms with Gasteiger partial charge in [0.05, 0.1) is 0 Å². The molecule has 0 amide bonds. The molecule has 0 aromatic carbocycles. The van der Waals surface area contributed by atoms with Crippen LogP contribution in [0.2, 0.25) is 0 Å². The average molecular weight is 234 g/mol. The summed E-state index contributed by atoms with van der Waals surface area (Å²) < 4.78 is 0. The summed E-state index contributed by atoms with van der Waals surface area (Å²) in [6.45, 7) is 5.76. The molecule has 1 fully saturated rings. The van der Waals surface area contributed by atoms with Crippen molar-refractivity contribution in [3.05, 3.63) is 30.1 Å². The number of aromatic nitrogens is 1. The number of nitrogens with zero attached hydrogens (tertiary/aromatic N) is 2. The van der Waals surface area contributed by atoms with Crippen LogP contribution in [0.4, 0.5) is 0 Å².